The average molecular weight is 344 g/mol. The fourth-order valence-electron chi connectivity index (χ4n) is 2.44. The van der Waals surface area contributed by atoms with E-state index in [0.29, 0.717) is 29.2 Å². The van der Waals surface area contributed by atoms with Crippen LogP contribution in [0, 0.1) is 17.0 Å². The number of hydrogen-bond acceptors (Lipinski definition) is 5. The number of nitro groups is 1. The molecule has 25 heavy (non-hydrogen) atoms. The van der Waals surface area contributed by atoms with Gasteiger partial charge in [0, 0.05) is 18.6 Å². The Hall–Kier alpha value is -3.09. The van der Waals surface area contributed by atoms with Crippen molar-refractivity contribution in [1.82, 2.24) is 0 Å². The Bertz CT molecular complexity index is 767. The molecule has 0 aliphatic carbocycles. The second-order valence-electron chi connectivity index (χ2n) is 5.48. The molecule has 1 amide bonds. The van der Waals surface area contributed by atoms with Crippen LogP contribution in [0.5, 0.6) is 11.5 Å². The lowest BCUT2D eigenvalue weighted by molar-refractivity contribution is -0.385. The van der Waals surface area contributed by atoms with E-state index in [2.05, 4.69) is 5.32 Å². The molecule has 0 spiro atoms. The number of aryl methyl sites for hydroxylation is 1. The van der Waals surface area contributed by atoms with E-state index in [0.717, 1.165) is 5.56 Å². The van der Waals surface area contributed by atoms with Crippen LogP contribution in [0.4, 0.5) is 11.4 Å². The predicted molar refractivity (Wildman–Crippen MR) is 94.3 cm³/mol. The largest absolute Gasteiger partial charge is 0.497 e. The molecular weight excluding hydrogens is 324 g/mol. The molecule has 0 radical (unpaired) electrons. The topological polar surface area (TPSA) is 90.7 Å². The van der Waals surface area contributed by atoms with Crippen molar-refractivity contribution in [3.8, 4) is 11.5 Å². The molecular formula is C18H20N2O5. The van der Waals surface area contributed by atoms with E-state index in [4.69, 9.17) is 9.47 Å². The maximum absolute atomic E-state index is 12.2. The third kappa shape index (κ3) is 4.69. The summed E-state index contributed by atoms with van der Waals surface area (Å²) in [5, 5.41) is 13.7. The molecule has 132 valence electrons. The zero-order valence-corrected chi connectivity index (χ0v) is 14.4. The lowest BCUT2D eigenvalue weighted by atomic mass is 10.1. The zero-order valence-electron chi connectivity index (χ0n) is 14.4. The summed E-state index contributed by atoms with van der Waals surface area (Å²) in [6, 6.07) is 10.1. The third-order valence-corrected chi connectivity index (χ3v) is 3.83. The van der Waals surface area contributed by atoms with E-state index in [1.807, 2.05) is 12.1 Å². The normalized spacial score (nSPS) is 10.2. The van der Waals surface area contributed by atoms with Crippen LogP contribution >= 0.6 is 0 Å². The van der Waals surface area contributed by atoms with E-state index in [-0.39, 0.29) is 18.0 Å². The van der Waals surface area contributed by atoms with Gasteiger partial charge in [0.25, 0.3) is 5.69 Å². The van der Waals surface area contributed by atoms with Crippen LogP contribution < -0.4 is 14.8 Å². The number of nitrogens with zero attached hydrogens (tertiary/aromatic N) is 1. The Kier molecular flexibility index (Phi) is 5.94. The summed E-state index contributed by atoms with van der Waals surface area (Å²) in [4.78, 5) is 22.7. The number of hydrogen-bond donors (Lipinski definition) is 1. The Labute approximate surface area is 145 Å². The van der Waals surface area contributed by atoms with Crippen molar-refractivity contribution in [2.45, 2.75) is 19.8 Å². The SMILES string of the molecule is COc1cc(CCC(=O)Nc2cccc([N+](=O)[O-])c2C)cc(OC)c1. The van der Waals surface area contributed by atoms with Gasteiger partial charge in [-0.25, -0.2) is 0 Å². The van der Waals surface area contributed by atoms with Crippen molar-refractivity contribution in [3.63, 3.8) is 0 Å². The van der Waals surface area contributed by atoms with E-state index < -0.39 is 4.92 Å². The summed E-state index contributed by atoms with van der Waals surface area (Å²) >= 11 is 0. The predicted octanol–water partition coefficient (Wildman–Crippen LogP) is 3.49. The number of amides is 1. The summed E-state index contributed by atoms with van der Waals surface area (Å²) in [5.41, 5.74) is 1.77. The first kappa shape index (κ1) is 18.3. The summed E-state index contributed by atoms with van der Waals surface area (Å²) in [6.07, 6.45) is 0.728. The Morgan fingerprint density at radius 2 is 1.80 bits per heavy atom. The summed E-state index contributed by atoms with van der Waals surface area (Å²) in [7, 11) is 3.13. The number of carbonyl (C=O) groups excluding carboxylic acids is 1. The number of anilines is 1. The maximum Gasteiger partial charge on any atom is 0.274 e. The quantitative estimate of drug-likeness (QED) is 0.613. The number of rotatable bonds is 7. The summed E-state index contributed by atoms with van der Waals surface area (Å²) in [5.74, 6) is 1.10. The van der Waals surface area contributed by atoms with Crippen LogP contribution in [0.3, 0.4) is 0 Å². The molecule has 0 saturated heterocycles. The molecule has 0 saturated carbocycles. The molecule has 2 aromatic rings. The summed E-state index contributed by atoms with van der Waals surface area (Å²) < 4.78 is 10.4. The fraction of sp³-hybridized carbons (Fsp3) is 0.278. The Morgan fingerprint density at radius 3 is 2.36 bits per heavy atom. The molecule has 0 aliphatic heterocycles. The molecule has 0 heterocycles. The smallest absolute Gasteiger partial charge is 0.274 e. The van der Waals surface area contributed by atoms with E-state index in [9.17, 15) is 14.9 Å². The highest BCUT2D eigenvalue weighted by molar-refractivity contribution is 5.92. The Morgan fingerprint density at radius 1 is 1.16 bits per heavy atom. The van der Waals surface area contributed by atoms with Crippen molar-refractivity contribution in [1.29, 1.82) is 0 Å². The van der Waals surface area contributed by atoms with Crippen LogP contribution in [-0.2, 0) is 11.2 Å². The van der Waals surface area contributed by atoms with Gasteiger partial charge in [-0.15, -0.1) is 0 Å². The number of nitro benzene ring substituents is 1. The highest BCUT2D eigenvalue weighted by atomic mass is 16.6. The van der Waals surface area contributed by atoms with Gasteiger partial charge in [-0.3, -0.25) is 14.9 Å². The van der Waals surface area contributed by atoms with Gasteiger partial charge in [0.05, 0.1) is 30.4 Å². The monoisotopic (exact) mass is 344 g/mol. The van der Waals surface area contributed by atoms with Crippen LogP contribution in [-0.4, -0.2) is 25.1 Å². The number of benzene rings is 2. The molecule has 0 bridgehead atoms. The first-order valence-electron chi connectivity index (χ1n) is 7.70. The van der Waals surface area contributed by atoms with Crippen LogP contribution in [0.2, 0.25) is 0 Å². The minimum Gasteiger partial charge on any atom is -0.497 e. The molecule has 2 rings (SSSR count). The van der Waals surface area contributed by atoms with Gasteiger partial charge in [0.1, 0.15) is 11.5 Å². The van der Waals surface area contributed by atoms with Gasteiger partial charge in [-0.05, 0) is 37.1 Å². The van der Waals surface area contributed by atoms with E-state index in [1.54, 1.807) is 39.3 Å². The molecule has 7 nitrogen and oxygen atoms in total. The van der Waals surface area contributed by atoms with Crippen LogP contribution in [0.15, 0.2) is 36.4 Å². The zero-order chi connectivity index (χ0) is 18.4. The highest BCUT2D eigenvalue weighted by Crippen LogP contribution is 2.26. The van der Waals surface area contributed by atoms with Gasteiger partial charge in [0.2, 0.25) is 5.91 Å². The number of carbonyl (C=O) groups is 1. The third-order valence-electron chi connectivity index (χ3n) is 3.83. The van der Waals surface area contributed by atoms with Crippen molar-refractivity contribution in [3.05, 3.63) is 57.6 Å². The molecule has 0 atom stereocenters. The molecule has 2 aromatic carbocycles. The van der Waals surface area contributed by atoms with Gasteiger partial charge in [-0.1, -0.05) is 6.07 Å². The second-order valence-corrected chi connectivity index (χ2v) is 5.48. The molecule has 0 unspecified atom stereocenters. The number of ether oxygens (including phenoxy) is 2. The van der Waals surface area contributed by atoms with Gasteiger partial charge in [0.15, 0.2) is 0 Å². The van der Waals surface area contributed by atoms with Crippen molar-refractivity contribution in [2.75, 3.05) is 19.5 Å². The van der Waals surface area contributed by atoms with Crippen LogP contribution in [0.1, 0.15) is 17.5 Å². The standard InChI is InChI=1S/C18H20N2O5/c1-12-16(5-4-6-17(12)20(22)23)19-18(21)8-7-13-9-14(24-2)11-15(10-13)25-3/h4-6,9-11H,7-8H2,1-3H3,(H,19,21). The van der Waals surface area contributed by atoms with Crippen molar-refractivity contribution in [2.24, 2.45) is 0 Å². The number of nitrogens with one attached hydrogen (secondary N) is 1. The first-order valence-corrected chi connectivity index (χ1v) is 7.70. The minimum atomic E-state index is -0.465. The molecule has 0 fully saturated rings. The second kappa shape index (κ2) is 8.14. The van der Waals surface area contributed by atoms with Crippen LogP contribution in [0.25, 0.3) is 0 Å². The molecule has 1 N–H and O–H groups in total. The molecule has 0 aliphatic rings. The average Bonchev–Trinajstić information content (AvgIpc) is 2.61. The lowest BCUT2D eigenvalue weighted by Gasteiger charge is -2.10. The van der Waals surface area contributed by atoms with Crippen molar-refractivity contribution >= 4 is 17.3 Å². The number of methoxy groups -OCH3 is 2. The highest BCUT2D eigenvalue weighted by Gasteiger charge is 2.15. The summed E-state index contributed by atoms with van der Waals surface area (Å²) in [6.45, 7) is 1.61. The minimum absolute atomic E-state index is 0.0182. The van der Waals surface area contributed by atoms with Crippen molar-refractivity contribution < 1.29 is 19.2 Å². The fourth-order valence-corrected chi connectivity index (χ4v) is 2.44. The van der Waals surface area contributed by atoms with E-state index in [1.165, 1.54) is 6.07 Å². The van der Waals surface area contributed by atoms with Gasteiger partial charge < -0.3 is 14.8 Å². The molecule has 7 heteroatoms. The van der Waals surface area contributed by atoms with Gasteiger partial charge in [-0.2, -0.15) is 0 Å². The first-order chi connectivity index (χ1) is 11.9. The van der Waals surface area contributed by atoms with E-state index >= 15 is 0 Å². The maximum atomic E-state index is 12.2. The Balaban J connectivity index is 2.04. The lowest BCUT2D eigenvalue weighted by Crippen LogP contribution is -2.13. The van der Waals surface area contributed by atoms with Gasteiger partial charge >= 0.3 is 0 Å². The molecule has 0 aromatic heterocycles.